The van der Waals surface area contributed by atoms with E-state index in [0.717, 1.165) is 0 Å². The van der Waals surface area contributed by atoms with Crippen LogP contribution in [0.3, 0.4) is 0 Å². The Hall–Kier alpha value is -1.98. The van der Waals surface area contributed by atoms with Crippen LogP contribution < -0.4 is 5.32 Å². The van der Waals surface area contributed by atoms with E-state index < -0.39 is 11.7 Å². The molecule has 0 aliphatic heterocycles. The number of nitrogens with one attached hydrogen (secondary N) is 1. The third-order valence-corrected chi connectivity index (χ3v) is 1.90. The highest BCUT2D eigenvalue weighted by molar-refractivity contribution is 5.95. The second-order valence-electron chi connectivity index (χ2n) is 4.73. The first-order chi connectivity index (χ1) is 8.38. The number of carbonyl (C=O) groups excluding carboxylic acids is 2. The number of aromatic nitrogens is 2. The summed E-state index contributed by atoms with van der Waals surface area (Å²) in [5, 5.41) is 2.52. The van der Waals surface area contributed by atoms with Crippen molar-refractivity contribution in [2.75, 3.05) is 6.54 Å². The molecule has 0 aromatic carbocycles. The van der Waals surface area contributed by atoms with Gasteiger partial charge in [-0.2, -0.15) is 0 Å². The fourth-order valence-corrected chi connectivity index (χ4v) is 1.18. The average molecular weight is 251 g/mol. The lowest BCUT2D eigenvalue weighted by atomic mass is 10.2. The molecule has 0 aliphatic rings. The van der Waals surface area contributed by atoms with E-state index in [-0.39, 0.29) is 18.7 Å². The largest absolute Gasteiger partial charge is 0.444 e. The van der Waals surface area contributed by atoms with E-state index in [1.54, 1.807) is 20.8 Å². The number of nitrogens with zero attached hydrogens (tertiary/aromatic N) is 2. The minimum Gasteiger partial charge on any atom is -0.444 e. The molecule has 0 saturated heterocycles. The lowest BCUT2D eigenvalue weighted by molar-refractivity contribution is 0.0527. The second kappa shape index (κ2) is 6.09. The number of rotatable bonds is 4. The molecule has 0 atom stereocenters. The van der Waals surface area contributed by atoms with Gasteiger partial charge in [0.25, 0.3) is 0 Å². The lowest BCUT2D eigenvalue weighted by Crippen LogP contribution is -2.33. The summed E-state index contributed by atoms with van der Waals surface area (Å²) in [7, 11) is 0. The summed E-state index contributed by atoms with van der Waals surface area (Å²) in [5.41, 5.74) is -0.107. The first-order valence-electron chi connectivity index (χ1n) is 5.63. The van der Waals surface area contributed by atoms with Crippen LogP contribution in [0.2, 0.25) is 0 Å². The summed E-state index contributed by atoms with van der Waals surface area (Å²) in [6.07, 6.45) is 3.91. The van der Waals surface area contributed by atoms with Crippen LogP contribution in [0, 0.1) is 0 Å². The maximum absolute atomic E-state index is 11.6. The predicted molar refractivity (Wildman–Crippen MR) is 65.2 cm³/mol. The summed E-state index contributed by atoms with van der Waals surface area (Å²) in [5.74, 6) is -0.119. The molecule has 6 heteroatoms. The number of ether oxygens (including phenoxy) is 1. The average Bonchev–Trinajstić information content (AvgIpc) is 2.27. The van der Waals surface area contributed by atoms with Crippen molar-refractivity contribution < 1.29 is 14.3 Å². The van der Waals surface area contributed by atoms with Crippen molar-refractivity contribution in [3.05, 3.63) is 24.3 Å². The van der Waals surface area contributed by atoms with E-state index in [1.165, 1.54) is 18.7 Å². The molecule has 18 heavy (non-hydrogen) atoms. The Balaban J connectivity index is 2.30. The molecule has 1 heterocycles. The van der Waals surface area contributed by atoms with Gasteiger partial charge in [0.1, 0.15) is 11.9 Å². The van der Waals surface area contributed by atoms with Crippen LogP contribution in [0.25, 0.3) is 0 Å². The molecule has 0 aliphatic carbocycles. The normalized spacial score (nSPS) is 10.8. The SMILES string of the molecule is CC(C)(C)OC(=O)NCCC(=O)c1cncnc1. The van der Waals surface area contributed by atoms with E-state index >= 15 is 0 Å². The smallest absolute Gasteiger partial charge is 0.407 e. The summed E-state index contributed by atoms with van der Waals surface area (Å²) in [6, 6.07) is 0. The van der Waals surface area contributed by atoms with Gasteiger partial charge in [0.15, 0.2) is 5.78 Å². The van der Waals surface area contributed by atoms with Crippen LogP contribution >= 0.6 is 0 Å². The van der Waals surface area contributed by atoms with Crippen LogP contribution in [-0.4, -0.2) is 34.0 Å². The van der Waals surface area contributed by atoms with E-state index in [4.69, 9.17) is 4.74 Å². The van der Waals surface area contributed by atoms with Crippen LogP contribution in [0.1, 0.15) is 37.6 Å². The van der Waals surface area contributed by atoms with Gasteiger partial charge >= 0.3 is 6.09 Å². The third kappa shape index (κ3) is 5.38. The Bertz CT molecular complexity index is 412. The van der Waals surface area contributed by atoms with Gasteiger partial charge in [0, 0.05) is 25.4 Å². The van der Waals surface area contributed by atoms with Gasteiger partial charge in [0.2, 0.25) is 0 Å². The van der Waals surface area contributed by atoms with Gasteiger partial charge in [-0.05, 0) is 20.8 Å². The Labute approximate surface area is 106 Å². The Morgan fingerprint density at radius 3 is 2.44 bits per heavy atom. The van der Waals surface area contributed by atoms with Gasteiger partial charge in [-0.25, -0.2) is 14.8 Å². The zero-order chi connectivity index (χ0) is 13.6. The molecule has 98 valence electrons. The van der Waals surface area contributed by atoms with E-state index in [1.807, 2.05) is 0 Å². The third-order valence-electron chi connectivity index (χ3n) is 1.90. The summed E-state index contributed by atoms with van der Waals surface area (Å²) in [6.45, 7) is 5.56. The van der Waals surface area contributed by atoms with Crippen molar-refractivity contribution in [1.82, 2.24) is 15.3 Å². The summed E-state index contributed by atoms with van der Waals surface area (Å²) >= 11 is 0. The predicted octanol–water partition coefficient (Wildman–Crippen LogP) is 1.57. The van der Waals surface area contributed by atoms with Crippen molar-refractivity contribution in [1.29, 1.82) is 0 Å². The first kappa shape index (κ1) is 14.1. The molecule has 0 spiro atoms. The quantitative estimate of drug-likeness (QED) is 0.821. The van der Waals surface area contributed by atoms with Crippen LogP contribution in [0.4, 0.5) is 4.79 Å². The van der Waals surface area contributed by atoms with E-state index in [2.05, 4.69) is 15.3 Å². The van der Waals surface area contributed by atoms with Crippen LogP contribution in [-0.2, 0) is 4.74 Å². The summed E-state index contributed by atoms with van der Waals surface area (Å²) < 4.78 is 5.04. The van der Waals surface area contributed by atoms with Gasteiger partial charge in [-0.3, -0.25) is 4.79 Å². The van der Waals surface area contributed by atoms with Gasteiger partial charge < -0.3 is 10.1 Å². The highest BCUT2D eigenvalue weighted by atomic mass is 16.6. The number of amides is 1. The van der Waals surface area contributed by atoms with Crippen molar-refractivity contribution in [3.63, 3.8) is 0 Å². The number of Topliss-reactive ketones (excluding diaryl/α,β-unsaturated/α-hetero) is 1. The number of ketones is 1. The molecular weight excluding hydrogens is 234 g/mol. The molecule has 1 aromatic rings. The fraction of sp³-hybridized carbons (Fsp3) is 0.500. The standard InChI is InChI=1S/C12H17N3O3/c1-12(2,3)18-11(17)15-5-4-10(16)9-6-13-8-14-7-9/h6-8H,4-5H2,1-3H3,(H,15,17). The summed E-state index contributed by atoms with van der Waals surface area (Å²) in [4.78, 5) is 30.5. The molecule has 1 N–H and O–H groups in total. The molecule has 6 nitrogen and oxygen atoms in total. The van der Waals surface area contributed by atoms with Gasteiger partial charge in [0.05, 0.1) is 5.56 Å². The fourth-order valence-electron chi connectivity index (χ4n) is 1.18. The minimum absolute atomic E-state index is 0.119. The first-order valence-corrected chi connectivity index (χ1v) is 5.63. The highest BCUT2D eigenvalue weighted by Crippen LogP contribution is 2.06. The van der Waals surface area contributed by atoms with Gasteiger partial charge in [-0.15, -0.1) is 0 Å². The van der Waals surface area contributed by atoms with Crippen molar-refractivity contribution in [3.8, 4) is 0 Å². The number of alkyl carbamates (subject to hydrolysis) is 1. The second-order valence-corrected chi connectivity index (χ2v) is 4.73. The van der Waals surface area contributed by atoms with E-state index in [9.17, 15) is 9.59 Å². The maximum atomic E-state index is 11.6. The van der Waals surface area contributed by atoms with Crippen LogP contribution in [0.15, 0.2) is 18.7 Å². The molecule has 1 rings (SSSR count). The molecule has 0 fully saturated rings. The minimum atomic E-state index is -0.540. The number of carbonyl (C=O) groups is 2. The van der Waals surface area contributed by atoms with Crippen molar-refractivity contribution >= 4 is 11.9 Å². The molecule has 1 amide bonds. The monoisotopic (exact) mass is 251 g/mol. The van der Waals surface area contributed by atoms with Crippen LogP contribution in [0.5, 0.6) is 0 Å². The van der Waals surface area contributed by atoms with Crippen molar-refractivity contribution in [2.24, 2.45) is 0 Å². The lowest BCUT2D eigenvalue weighted by Gasteiger charge is -2.19. The molecule has 0 bridgehead atoms. The van der Waals surface area contributed by atoms with Crippen molar-refractivity contribution in [2.45, 2.75) is 32.8 Å². The molecule has 0 unspecified atom stereocenters. The number of hydrogen-bond donors (Lipinski definition) is 1. The Morgan fingerprint density at radius 2 is 1.89 bits per heavy atom. The Kier molecular flexibility index (Phi) is 4.76. The molecular formula is C12H17N3O3. The van der Waals surface area contributed by atoms with E-state index in [0.29, 0.717) is 5.56 Å². The maximum Gasteiger partial charge on any atom is 0.407 e. The molecule has 0 saturated carbocycles. The molecule has 0 radical (unpaired) electrons. The highest BCUT2D eigenvalue weighted by Gasteiger charge is 2.16. The molecule has 1 aromatic heterocycles. The topological polar surface area (TPSA) is 81.2 Å². The van der Waals surface area contributed by atoms with Gasteiger partial charge in [-0.1, -0.05) is 0 Å². The number of hydrogen-bond acceptors (Lipinski definition) is 5. The zero-order valence-electron chi connectivity index (χ0n) is 10.8. The zero-order valence-corrected chi connectivity index (χ0v) is 10.8. The Morgan fingerprint density at radius 1 is 1.28 bits per heavy atom.